The van der Waals surface area contributed by atoms with Crippen molar-refractivity contribution < 1.29 is 28.2 Å². The summed E-state index contributed by atoms with van der Waals surface area (Å²) in [6, 6.07) is 8.08. The smallest absolute Gasteiger partial charge is 0.308 e. The molecule has 31 heavy (non-hydrogen) atoms. The number of ether oxygens (including phenoxy) is 3. The minimum atomic E-state index is -0.566. The van der Waals surface area contributed by atoms with Crippen LogP contribution in [0.5, 0.6) is 17.2 Å². The van der Waals surface area contributed by atoms with Gasteiger partial charge in [0.2, 0.25) is 5.43 Å². The fourth-order valence-corrected chi connectivity index (χ4v) is 3.41. The van der Waals surface area contributed by atoms with Gasteiger partial charge in [-0.1, -0.05) is 12.1 Å². The summed E-state index contributed by atoms with van der Waals surface area (Å²) < 4.78 is 22.2. The number of carbonyl (C=O) groups excluding carboxylic acids is 2. The Balaban J connectivity index is 1.91. The van der Waals surface area contributed by atoms with Gasteiger partial charge in [-0.05, 0) is 43.7 Å². The maximum atomic E-state index is 13.4. The molecule has 2 aromatic carbocycles. The van der Waals surface area contributed by atoms with E-state index in [0.29, 0.717) is 22.6 Å². The van der Waals surface area contributed by atoms with Crippen LogP contribution >= 0.6 is 0 Å². The number of rotatable bonds is 3. The summed E-state index contributed by atoms with van der Waals surface area (Å²) >= 11 is 0. The van der Waals surface area contributed by atoms with Crippen molar-refractivity contribution >= 4 is 29.0 Å². The summed E-state index contributed by atoms with van der Waals surface area (Å²) in [5, 5.41) is 0.142. The van der Waals surface area contributed by atoms with Crippen LogP contribution in [0.1, 0.15) is 33.3 Å². The zero-order chi connectivity index (χ0) is 22.3. The Hall–Kier alpha value is -3.87. The van der Waals surface area contributed by atoms with Gasteiger partial charge in [-0.25, -0.2) is 0 Å². The first kappa shape index (κ1) is 20.4. The first-order valence-corrected chi connectivity index (χ1v) is 9.63. The van der Waals surface area contributed by atoms with Gasteiger partial charge in [0.15, 0.2) is 5.75 Å². The summed E-state index contributed by atoms with van der Waals surface area (Å²) in [7, 11) is 0. The largest absolute Gasteiger partial charge is 0.483 e. The maximum Gasteiger partial charge on any atom is 0.308 e. The second-order valence-electron chi connectivity index (χ2n) is 7.72. The summed E-state index contributed by atoms with van der Waals surface area (Å²) in [5.74, 6) is -0.0894. The third kappa shape index (κ3) is 3.94. The lowest BCUT2D eigenvalue weighted by Crippen LogP contribution is -2.28. The average Bonchev–Trinajstić information content (AvgIpc) is 2.67. The molecule has 0 spiro atoms. The highest BCUT2D eigenvalue weighted by atomic mass is 16.5. The van der Waals surface area contributed by atoms with E-state index in [1.54, 1.807) is 36.4 Å². The van der Waals surface area contributed by atoms with Crippen molar-refractivity contribution in [3.63, 3.8) is 0 Å². The van der Waals surface area contributed by atoms with Crippen LogP contribution < -0.4 is 19.6 Å². The molecule has 7 nitrogen and oxygen atoms in total. The quantitative estimate of drug-likeness (QED) is 0.455. The Kier molecular flexibility index (Phi) is 4.89. The van der Waals surface area contributed by atoms with Crippen LogP contribution in [0.15, 0.2) is 51.9 Å². The van der Waals surface area contributed by atoms with E-state index >= 15 is 0 Å². The fraction of sp³-hybridized carbons (Fsp3) is 0.208. The van der Waals surface area contributed by atoms with Crippen LogP contribution in [0, 0.1) is 0 Å². The molecule has 1 aliphatic rings. The molecule has 3 aromatic rings. The summed E-state index contributed by atoms with van der Waals surface area (Å²) in [6.07, 6.45) is 4.95. The van der Waals surface area contributed by atoms with Crippen molar-refractivity contribution in [2.24, 2.45) is 0 Å². The Labute approximate surface area is 177 Å². The predicted molar refractivity (Wildman–Crippen MR) is 114 cm³/mol. The van der Waals surface area contributed by atoms with E-state index in [2.05, 4.69) is 0 Å². The van der Waals surface area contributed by atoms with Gasteiger partial charge in [-0.2, -0.15) is 0 Å². The highest BCUT2D eigenvalue weighted by Gasteiger charge is 2.28. The average molecular weight is 420 g/mol. The predicted octanol–water partition coefficient (Wildman–Crippen LogP) is 4.49. The molecule has 0 saturated carbocycles. The van der Waals surface area contributed by atoms with E-state index in [-0.39, 0.29) is 27.7 Å². The Morgan fingerprint density at radius 1 is 1.00 bits per heavy atom. The highest BCUT2D eigenvalue weighted by Crippen LogP contribution is 2.42. The van der Waals surface area contributed by atoms with Crippen molar-refractivity contribution in [2.45, 2.75) is 33.3 Å². The van der Waals surface area contributed by atoms with Gasteiger partial charge in [0.05, 0.1) is 11.1 Å². The number of hydrogen-bond donors (Lipinski definition) is 0. The number of carbonyl (C=O) groups is 2. The summed E-state index contributed by atoms with van der Waals surface area (Å²) in [4.78, 5) is 36.3. The Bertz CT molecular complexity index is 1290. The molecule has 7 heteroatoms. The van der Waals surface area contributed by atoms with Crippen molar-refractivity contribution in [3.8, 4) is 28.4 Å². The standard InChI is InChI=1S/C24H20O7/c1-13(25)29-16-7-5-15(6-8-16)18-12-28-20-11-19-17(9-10-24(3,4)31-19)23(30-14(2)26)21(20)22(18)27/h5-12H,1-4H3. The Morgan fingerprint density at radius 2 is 1.68 bits per heavy atom. The highest BCUT2D eigenvalue weighted by molar-refractivity contribution is 5.95. The van der Waals surface area contributed by atoms with Gasteiger partial charge in [0, 0.05) is 19.9 Å². The lowest BCUT2D eigenvalue weighted by atomic mass is 9.98. The Morgan fingerprint density at radius 3 is 2.32 bits per heavy atom. The van der Waals surface area contributed by atoms with Crippen LogP contribution in [0.4, 0.5) is 0 Å². The number of fused-ring (bicyclic) bond motifs is 2. The SMILES string of the molecule is CC(=O)Oc1ccc(-c2coc3cc4c(c(OC(C)=O)c3c2=O)C=CC(C)(C)O4)cc1. The number of benzene rings is 2. The monoisotopic (exact) mass is 420 g/mol. The molecular formula is C24H20O7. The molecule has 0 aliphatic carbocycles. The second-order valence-corrected chi connectivity index (χ2v) is 7.72. The third-order valence-corrected chi connectivity index (χ3v) is 4.72. The van der Waals surface area contributed by atoms with Gasteiger partial charge in [0.25, 0.3) is 0 Å². The van der Waals surface area contributed by atoms with E-state index in [1.165, 1.54) is 20.1 Å². The molecule has 2 heterocycles. The molecule has 1 aliphatic heterocycles. The maximum absolute atomic E-state index is 13.4. The van der Waals surface area contributed by atoms with Crippen molar-refractivity contribution in [1.29, 1.82) is 0 Å². The lowest BCUT2D eigenvalue weighted by molar-refractivity contribution is -0.132. The zero-order valence-corrected chi connectivity index (χ0v) is 17.5. The van der Waals surface area contributed by atoms with E-state index in [9.17, 15) is 14.4 Å². The van der Waals surface area contributed by atoms with Crippen LogP contribution in [0.2, 0.25) is 0 Å². The first-order chi connectivity index (χ1) is 14.6. The van der Waals surface area contributed by atoms with Gasteiger partial charge in [0.1, 0.15) is 34.3 Å². The van der Waals surface area contributed by atoms with E-state index < -0.39 is 17.5 Å². The van der Waals surface area contributed by atoms with Crippen LogP contribution in [0.3, 0.4) is 0 Å². The van der Waals surface area contributed by atoms with Gasteiger partial charge >= 0.3 is 11.9 Å². The minimum absolute atomic E-state index is 0.0962. The van der Waals surface area contributed by atoms with E-state index in [4.69, 9.17) is 18.6 Å². The van der Waals surface area contributed by atoms with Crippen LogP contribution in [-0.4, -0.2) is 17.5 Å². The first-order valence-electron chi connectivity index (χ1n) is 9.63. The summed E-state index contributed by atoms with van der Waals surface area (Å²) in [5.41, 5.74) is 0.655. The van der Waals surface area contributed by atoms with Crippen LogP contribution in [-0.2, 0) is 9.59 Å². The molecule has 0 saturated heterocycles. The number of hydrogen-bond acceptors (Lipinski definition) is 7. The van der Waals surface area contributed by atoms with Crippen LogP contribution in [0.25, 0.3) is 28.2 Å². The second kappa shape index (κ2) is 7.43. The van der Waals surface area contributed by atoms with Gasteiger partial charge < -0.3 is 18.6 Å². The number of esters is 2. The topological polar surface area (TPSA) is 92.0 Å². The molecule has 1 aromatic heterocycles. The molecule has 0 amide bonds. The van der Waals surface area contributed by atoms with Crippen molar-refractivity contribution in [3.05, 3.63) is 58.5 Å². The fourth-order valence-electron chi connectivity index (χ4n) is 3.41. The van der Waals surface area contributed by atoms with Gasteiger partial charge in [-0.3, -0.25) is 14.4 Å². The molecule has 0 N–H and O–H groups in total. The van der Waals surface area contributed by atoms with Crippen molar-refractivity contribution in [1.82, 2.24) is 0 Å². The van der Waals surface area contributed by atoms with Gasteiger partial charge in [-0.15, -0.1) is 0 Å². The molecule has 0 unspecified atom stereocenters. The normalized spacial score (nSPS) is 13.9. The lowest BCUT2D eigenvalue weighted by Gasteiger charge is -2.28. The van der Waals surface area contributed by atoms with E-state index in [1.807, 2.05) is 19.9 Å². The molecule has 4 rings (SSSR count). The van der Waals surface area contributed by atoms with Crippen molar-refractivity contribution in [2.75, 3.05) is 0 Å². The third-order valence-electron chi connectivity index (χ3n) is 4.72. The minimum Gasteiger partial charge on any atom is -0.483 e. The summed E-state index contributed by atoms with van der Waals surface area (Å²) in [6.45, 7) is 6.35. The molecule has 158 valence electrons. The zero-order valence-electron chi connectivity index (χ0n) is 17.5. The molecular weight excluding hydrogens is 400 g/mol. The molecule has 0 atom stereocenters. The molecule has 0 bridgehead atoms. The molecule has 0 fully saturated rings. The van der Waals surface area contributed by atoms with E-state index in [0.717, 1.165) is 0 Å². The molecule has 0 radical (unpaired) electrons.